The highest BCUT2D eigenvalue weighted by molar-refractivity contribution is 6.30. The van der Waals surface area contributed by atoms with Crippen molar-refractivity contribution in [1.29, 1.82) is 0 Å². The maximum Gasteiger partial charge on any atom is 0.248 e. The Bertz CT molecular complexity index is 1520. The SMILES string of the molecule is Cc1cc2nn(-c3ccc(Cl)cc3)nc2cc1NC(=O)/C=C/c1ccc(-c2ccc(Cl)cc2)o1. The number of nitrogens with one attached hydrogen (secondary N) is 1. The molecule has 3 aromatic carbocycles. The lowest BCUT2D eigenvalue weighted by molar-refractivity contribution is -0.111. The number of amides is 1. The summed E-state index contributed by atoms with van der Waals surface area (Å²) in [5, 5.41) is 13.2. The first-order valence-electron chi connectivity index (χ1n) is 10.4. The Hall–Kier alpha value is -3.87. The lowest BCUT2D eigenvalue weighted by Crippen LogP contribution is -2.08. The number of anilines is 1. The molecule has 0 atom stereocenters. The molecular weight excluding hydrogens is 471 g/mol. The standard InChI is InChI=1S/C26H18Cl2N4O2/c1-16-14-23-24(31-32(30-23)20-8-6-19(28)7-9-20)15-22(16)29-26(33)13-11-21-10-12-25(34-21)17-2-4-18(27)5-3-17/h2-15H,1H3,(H,29,33)/b13-11+. The number of fused-ring (bicyclic) bond motifs is 1. The van der Waals surface area contributed by atoms with Gasteiger partial charge >= 0.3 is 0 Å². The number of carbonyl (C=O) groups excluding carboxylic acids is 1. The first-order valence-corrected chi connectivity index (χ1v) is 11.2. The first kappa shape index (κ1) is 21.9. The molecule has 2 heterocycles. The van der Waals surface area contributed by atoms with Crippen molar-refractivity contribution in [2.75, 3.05) is 5.32 Å². The van der Waals surface area contributed by atoms with Crippen LogP contribution in [0.2, 0.25) is 10.0 Å². The molecule has 0 aliphatic rings. The molecule has 0 bridgehead atoms. The monoisotopic (exact) mass is 488 g/mol. The van der Waals surface area contributed by atoms with Gasteiger partial charge in [0.05, 0.1) is 5.69 Å². The van der Waals surface area contributed by atoms with Gasteiger partial charge in [0, 0.05) is 27.4 Å². The van der Waals surface area contributed by atoms with Gasteiger partial charge in [-0.3, -0.25) is 4.79 Å². The maximum atomic E-state index is 12.5. The van der Waals surface area contributed by atoms with E-state index in [9.17, 15) is 4.79 Å². The summed E-state index contributed by atoms with van der Waals surface area (Å²) >= 11 is 11.9. The lowest BCUT2D eigenvalue weighted by atomic mass is 10.1. The highest BCUT2D eigenvalue weighted by atomic mass is 35.5. The summed E-state index contributed by atoms with van der Waals surface area (Å²) in [6.45, 7) is 1.91. The number of furan rings is 1. The summed E-state index contributed by atoms with van der Waals surface area (Å²) in [5.74, 6) is 0.983. The summed E-state index contributed by atoms with van der Waals surface area (Å²) in [4.78, 5) is 14.1. The highest BCUT2D eigenvalue weighted by Crippen LogP contribution is 2.25. The van der Waals surface area contributed by atoms with Crippen LogP contribution in [0.5, 0.6) is 0 Å². The van der Waals surface area contributed by atoms with Crippen LogP contribution in [-0.4, -0.2) is 20.9 Å². The number of aryl methyl sites for hydroxylation is 1. The van der Waals surface area contributed by atoms with Crippen molar-refractivity contribution < 1.29 is 9.21 Å². The number of nitrogens with zero attached hydrogens (tertiary/aromatic N) is 3. The number of rotatable bonds is 5. The van der Waals surface area contributed by atoms with Crippen LogP contribution in [0.4, 0.5) is 5.69 Å². The van der Waals surface area contributed by atoms with Crippen LogP contribution in [0.25, 0.3) is 34.1 Å². The van der Waals surface area contributed by atoms with Gasteiger partial charge in [-0.2, -0.15) is 4.80 Å². The van der Waals surface area contributed by atoms with Gasteiger partial charge in [0.25, 0.3) is 0 Å². The van der Waals surface area contributed by atoms with Crippen molar-refractivity contribution in [3.8, 4) is 17.0 Å². The normalized spacial score (nSPS) is 11.4. The Kier molecular flexibility index (Phi) is 5.92. The third-order valence-electron chi connectivity index (χ3n) is 5.20. The number of hydrogen-bond acceptors (Lipinski definition) is 4. The summed E-state index contributed by atoms with van der Waals surface area (Å²) in [7, 11) is 0. The van der Waals surface area contributed by atoms with Crippen molar-refractivity contribution in [3.63, 3.8) is 0 Å². The van der Waals surface area contributed by atoms with E-state index in [0.717, 1.165) is 22.3 Å². The topological polar surface area (TPSA) is 73.0 Å². The quantitative estimate of drug-likeness (QED) is 0.271. The van der Waals surface area contributed by atoms with Gasteiger partial charge in [0.1, 0.15) is 22.6 Å². The third-order valence-corrected chi connectivity index (χ3v) is 5.70. The Morgan fingerprint density at radius 2 is 1.56 bits per heavy atom. The van der Waals surface area contributed by atoms with Crippen LogP contribution in [0, 0.1) is 6.92 Å². The molecule has 0 saturated carbocycles. The van der Waals surface area contributed by atoms with Gasteiger partial charge in [-0.05, 0) is 91.4 Å². The molecule has 0 fully saturated rings. The Morgan fingerprint density at radius 3 is 2.26 bits per heavy atom. The van der Waals surface area contributed by atoms with E-state index in [1.165, 1.54) is 6.08 Å². The fourth-order valence-corrected chi connectivity index (χ4v) is 3.69. The molecule has 0 aliphatic heterocycles. The number of hydrogen-bond donors (Lipinski definition) is 1. The fourth-order valence-electron chi connectivity index (χ4n) is 3.44. The second kappa shape index (κ2) is 9.17. The largest absolute Gasteiger partial charge is 0.457 e. The van der Waals surface area contributed by atoms with Crippen LogP contribution < -0.4 is 5.32 Å². The number of carbonyl (C=O) groups is 1. The third kappa shape index (κ3) is 4.73. The first-order chi connectivity index (χ1) is 16.4. The van der Waals surface area contributed by atoms with Crippen molar-refractivity contribution in [3.05, 3.63) is 100 Å². The fraction of sp³-hybridized carbons (Fsp3) is 0.0385. The van der Waals surface area contributed by atoms with Crippen molar-refractivity contribution >= 4 is 51.9 Å². The second-order valence-corrected chi connectivity index (χ2v) is 8.53. The van der Waals surface area contributed by atoms with Gasteiger partial charge in [0.2, 0.25) is 5.91 Å². The van der Waals surface area contributed by atoms with Crippen LogP contribution in [-0.2, 0) is 4.79 Å². The molecule has 1 N–H and O–H groups in total. The Labute approximate surface area is 205 Å². The summed E-state index contributed by atoms with van der Waals surface area (Å²) < 4.78 is 5.80. The summed E-state index contributed by atoms with van der Waals surface area (Å²) in [5.41, 5.74) is 4.63. The molecule has 0 unspecified atom stereocenters. The molecule has 0 saturated heterocycles. The second-order valence-electron chi connectivity index (χ2n) is 7.65. The molecule has 1 amide bonds. The molecule has 5 rings (SSSR count). The Morgan fingerprint density at radius 1 is 0.912 bits per heavy atom. The van der Waals surface area contributed by atoms with Crippen molar-refractivity contribution in [1.82, 2.24) is 15.0 Å². The molecule has 168 valence electrons. The van der Waals surface area contributed by atoms with Crippen LogP contribution >= 0.6 is 23.2 Å². The summed E-state index contributed by atoms with van der Waals surface area (Å²) in [6.07, 6.45) is 3.05. The average Bonchev–Trinajstić information content (AvgIpc) is 3.46. The molecule has 0 spiro atoms. The minimum Gasteiger partial charge on any atom is -0.457 e. The van der Waals surface area contributed by atoms with Gasteiger partial charge in [0.15, 0.2) is 0 Å². The molecule has 0 aliphatic carbocycles. The predicted octanol–water partition coefficient (Wildman–Crippen LogP) is 6.95. The van der Waals surface area contributed by atoms with Crippen LogP contribution in [0.1, 0.15) is 11.3 Å². The van der Waals surface area contributed by atoms with Gasteiger partial charge in [-0.15, -0.1) is 10.2 Å². The van der Waals surface area contributed by atoms with E-state index >= 15 is 0 Å². The van der Waals surface area contributed by atoms with Gasteiger partial charge < -0.3 is 9.73 Å². The molecule has 6 nitrogen and oxygen atoms in total. The molecule has 34 heavy (non-hydrogen) atoms. The predicted molar refractivity (Wildman–Crippen MR) is 135 cm³/mol. The van der Waals surface area contributed by atoms with Crippen LogP contribution in [0.15, 0.2) is 83.3 Å². The average molecular weight is 489 g/mol. The molecule has 0 radical (unpaired) electrons. The molecular formula is C26H18Cl2N4O2. The van der Waals surface area contributed by atoms with E-state index in [2.05, 4.69) is 15.5 Å². The number of halogens is 2. The zero-order chi connectivity index (χ0) is 23.7. The molecule has 8 heteroatoms. The minimum atomic E-state index is -0.281. The van der Waals surface area contributed by atoms with E-state index in [-0.39, 0.29) is 5.91 Å². The minimum absolute atomic E-state index is 0.281. The van der Waals surface area contributed by atoms with Gasteiger partial charge in [-0.25, -0.2) is 0 Å². The Balaban J connectivity index is 1.31. The molecule has 5 aromatic rings. The van der Waals surface area contributed by atoms with Crippen molar-refractivity contribution in [2.45, 2.75) is 6.92 Å². The van der Waals surface area contributed by atoms with E-state index < -0.39 is 0 Å². The zero-order valence-electron chi connectivity index (χ0n) is 18.0. The van der Waals surface area contributed by atoms with Crippen molar-refractivity contribution in [2.24, 2.45) is 0 Å². The van der Waals surface area contributed by atoms with E-state index in [4.69, 9.17) is 27.6 Å². The zero-order valence-corrected chi connectivity index (χ0v) is 19.5. The van der Waals surface area contributed by atoms with E-state index in [1.54, 1.807) is 47.3 Å². The molecule has 2 aromatic heterocycles. The van der Waals surface area contributed by atoms with E-state index in [1.807, 2.05) is 43.3 Å². The smallest absolute Gasteiger partial charge is 0.248 e. The van der Waals surface area contributed by atoms with Gasteiger partial charge in [-0.1, -0.05) is 23.2 Å². The summed E-state index contributed by atoms with van der Waals surface area (Å²) in [6, 6.07) is 22.0. The van der Waals surface area contributed by atoms with E-state index in [0.29, 0.717) is 32.8 Å². The number of aromatic nitrogens is 3. The van der Waals surface area contributed by atoms with Crippen LogP contribution in [0.3, 0.4) is 0 Å². The highest BCUT2D eigenvalue weighted by Gasteiger charge is 2.10. The number of benzene rings is 3. The maximum absolute atomic E-state index is 12.5. The lowest BCUT2D eigenvalue weighted by Gasteiger charge is -2.05.